The van der Waals surface area contributed by atoms with Crippen LogP contribution < -0.4 is 0 Å². The van der Waals surface area contributed by atoms with Crippen molar-refractivity contribution in [2.45, 2.75) is 57.5 Å². The minimum Gasteiger partial charge on any atom is -0.481 e. The molecule has 0 saturated heterocycles. The van der Waals surface area contributed by atoms with Crippen LogP contribution in [0.4, 0.5) is 0 Å². The Bertz CT molecular complexity index is 772. The second-order valence-corrected chi connectivity index (χ2v) is 12.5. The maximum Gasteiger partial charge on any atom is 0.339 e. The van der Waals surface area contributed by atoms with Crippen molar-refractivity contribution < 1.29 is 19.4 Å². The third-order valence-electron chi connectivity index (χ3n) is 6.71. The summed E-state index contributed by atoms with van der Waals surface area (Å²) in [7, 11) is 0. The van der Waals surface area contributed by atoms with Crippen molar-refractivity contribution >= 4 is 79.7 Å². The van der Waals surface area contributed by atoms with Gasteiger partial charge >= 0.3 is 11.9 Å². The monoisotopic (exact) mass is 720 g/mol. The van der Waals surface area contributed by atoms with E-state index in [-0.39, 0.29) is 11.8 Å². The second-order valence-electron chi connectivity index (χ2n) is 9.00. The Morgan fingerprint density at radius 2 is 1.64 bits per heavy atom. The summed E-state index contributed by atoms with van der Waals surface area (Å²) in [5.41, 5.74) is 0.722. The quantitative estimate of drug-likeness (QED) is 0.219. The normalized spacial score (nSPS) is 31.6. The Morgan fingerprint density at radius 3 is 2.18 bits per heavy atom. The topological polar surface area (TPSA) is 63.6 Å². The molecule has 1 aromatic rings. The maximum atomic E-state index is 12.9. The van der Waals surface area contributed by atoms with Crippen LogP contribution >= 0.6 is 67.8 Å². The lowest BCUT2D eigenvalue weighted by molar-refractivity contribution is -0.140. The van der Waals surface area contributed by atoms with E-state index in [9.17, 15) is 14.7 Å². The fraction of sp³-hybridized carbons (Fsp3) is 0.619. The van der Waals surface area contributed by atoms with Crippen LogP contribution in [0, 0.1) is 33.9 Å². The van der Waals surface area contributed by atoms with Crippen LogP contribution in [-0.4, -0.2) is 23.1 Å². The fourth-order valence-corrected chi connectivity index (χ4v) is 8.67. The average molecular weight is 720 g/mol. The van der Waals surface area contributed by atoms with Gasteiger partial charge in [0.15, 0.2) is 0 Å². The van der Waals surface area contributed by atoms with Gasteiger partial charge in [-0.3, -0.25) is 4.79 Å². The summed E-state index contributed by atoms with van der Waals surface area (Å²) in [6.45, 7) is 0. The van der Waals surface area contributed by atoms with E-state index in [0.29, 0.717) is 12.0 Å². The molecule has 0 spiro atoms. The van der Waals surface area contributed by atoms with Crippen LogP contribution in [0.15, 0.2) is 12.1 Å². The lowest BCUT2D eigenvalue weighted by atomic mass is 9.48. The zero-order valence-corrected chi connectivity index (χ0v) is 21.9. The fourth-order valence-electron chi connectivity index (χ4n) is 6.29. The Balaban J connectivity index is 1.52. The zero-order chi connectivity index (χ0) is 20.1. The van der Waals surface area contributed by atoms with Crippen molar-refractivity contribution in [2.75, 3.05) is 0 Å². The lowest BCUT2D eigenvalue weighted by Crippen LogP contribution is -2.47. The van der Waals surface area contributed by atoms with Crippen LogP contribution in [0.25, 0.3) is 0 Å². The molecular formula is C21H23I3O4. The standard InChI is InChI=1S/C21H23I3O4/c22-14-4-16(19(24)17(23)5-14)20(27)28-15(6-18(25)26)10-21-7-11-1-12(8-21)3-13(2-11)9-21/h4-5,11-13,15H,1-3,6-10H2,(H,25,26). The van der Waals surface area contributed by atoms with Gasteiger partial charge in [0.2, 0.25) is 0 Å². The Hall–Kier alpha value is 0.350. The van der Waals surface area contributed by atoms with Crippen LogP contribution in [0.2, 0.25) is 0 Å². The van der Waals surface area contributed by atoms with Gasteiger partial charge in [0.25, 0.3) is 0 Å². The summed E-state index contributed by atoms with van der Waals surface area (Å²) in [5.74, 6) is 1.10. The summed E-state index contributed by atoms with van der Waals surface area (Å²) >= 11 is 6.58. The third-order valence-corrected chi connectivity index (χ3v) is 10.4. The first-order valence-electron chi connectivity index (χ1n) is 9.80. The molecule has 4 aliphatic rings. The molecule has 4 saturated carbocycles. The molecule has 4 aliphatic carbocycles. The summed E-state index contributed by atoms with van der Waals surface area (Å²) in [5, 5.41) is 9.43. The molecule has 28 heavy (non-hydrogen) atoms. The highest BCUT2D eigenvalue weighted by Gasteiger charge is 2.51. The number of hydrogen-bond donors (Lipinski definition) is 1. The van der Waals surface area contributed by atoms with Crippen LogP contribution in [0.3, 0.4) is 0 Å². The number of halogens is 3. The minimum atomic E-state index is -0.894. The highest BCUT2D eigenvalue weighted by Crippen LogP contribution is 2.61. The first kappa shape index (κ1) is 21.6. The van der Waals surface area contributed by atoms with Gasteiger partial charge in [-0.15, -0.1) is 0 Å². The van der Waals surface area contributed by atoms with Crippen molar-refractivity contribution in [3.8, 4) is 0 Å². The molecule has 5 rings (SSSR count). The Kier molecular flexibility index (Phi) is 6.53. The van der Waals surface area contributed by atoms with Gasteiger partial charge in [-0.25, -0.2) is 4.79 Å². The summed E-state index contributed by atoms with van der Waals surface area (Å²) in [6, 6.07) is 3.85. The van der Waals surface area contributed by atoms with Gasteiger partial charge in [0.1, 0.15) is 6.10 Å². The molecule has 7 heteroatoms. The second kappa shape index (κ2) is 8.47. The zero-order valence-electron chi connectivity index (χ0n) is 15.4. The molecule has 4 fully saturated rings. The smallest absolute Gasteiger partial charge is 0.339 e. The summed E-state index contributed by atoms with van der Waals surface area (Å²) in [6.07, 6.45) is 7.65. The van der Waals surface area contributed by atoms with Crippen LogP contribution in [0.1, 0.15) is 61.7 Å². The Labute approximate surface area is 206 Å². The van der Waals surface area contributed by atoms with E-state index < -0.39 is 18.0 Å². The molecule has 1 aromatic carbocycles. The molecule has 4 bridgehead atoms. The van der Waals surface area contributed by atoms with Crippen LogP contribution in [-0.2, 0) is 9.53 Å². The van der Waals surface area contributed by atoms with Crippen LogP contribution in [0.5, 0.6) is 0 Å². The number of carboxylic acids is 1. The molecular weight excluding hydrogens is 697 g/mol. The summed E-state index contributed by atoms with van der Waals surface area (Å²) < 4.78 is 8.70. The molecule has 0 heterocycles. The first-order chi connectivity index (χ1) is 13.2. The molecule has 1 atom stereocenters. The van der Waals surface area contributed by atoms with E-state index in [4.69, 9.17) is 4.74 Å². The molecule has 1 N–H and O–H groups in total. The van der Waals surface area contributed by atoms with Gasteiger partial charge < -0.3 is 9.84 Å². The van der Waals surface area contributed by atoms with Gasteiger partial charge in [-0.05, 0) is 148 Å². The number of carboxylic acid groups (broad SMARTS) is 1. The van der Waals surface area contributed by atoms with E-state index in [1.807, 2.05) is 12.1 Å². The lowest BCUT2D eigenvalue weighted by Gasteiger charge is -2.57. The number of aliphatic carboxylic acids is 1. The summed E-state index contributed by atoms with van der Waals surface area (Å²) in [4.78, 5) is 24.4. The molecule has 0 aromatic heterocycles. The van der Waals surface area contributed by atoms with Crippen molar-refractivity contribution in [1.82, 2.24) is 0 Å². The van der Waals surface area contributed by atoms with Crippen molar-refractivity contribution in [2.24, 2.45) is 23.2 Å². The highest BCUT2D eigenvalue weighted by atomic mass is 127. The largest absolute Gasteiger partial charge is 0.481 e. The number of carbonyl (C=O) groups is 2. The SMILES string of the molecule is O=C(O)CC(CC12CC3CC(CC(C3)C1)C2)OC(=O)c1cc(I)cc(I)c1I. The van der Waals surface area contributed by atoms with Crippen molar-refractivity contribution in [1.29, 1.82) is 0 Å². The number of esters is 1. The molecule has 0 aliphatic heterocycles. The molecule has 152 valence electrons. The number of rotatable bonds is 6. The predicted molar refractivity (Wildman–Crippen MR) is 131 cm³/mol. The van der Waals surface area contributed by atoms with Crippen molar-refractivity contribution in [3.63, 3.8) is 0 Å². The molecule has 0 amide bonds. The molecule has 4 nitrogen and oxygen atoms in total. The van der Waals surface area contributed by atoms with Gasteiger partial charge in [-0.2, -0.15) is 0 Å². The number of hydrogen-bond acceptors (Lipinski definition) is 3. The number of ether oxygens (including phenoxy) is 1. The highest BCUT2D eigenvalue weighted by molar-refractivity contribution is 14.1. The third kappa shape index (κ3) is 4.65. The van der Waals surface area contributed by atoms with Crippen molar-refractivity contribution in [3.05, 3.63) is 28.4 Å². The van der Waals surface area contributed by atoms with E-state index in [1.54, 1.807) is 0 Å². The van der Waals surface area contributed by atoms with E-state index in [1.165, 1.54) is 38.5 Å². The Morgan fingerprint density at radius 1 is 1.07 bits per heavy atom. The maximum absolute atomic E-state index is 12.9. The number of benzene rings is 1. The van der Waals surface area contributed by atoms with Gasteiger partial charge in [0, 0.05) is 10.7 Å². The average Bonchev–Trinajstić information content (AvgIpc) is 2.55. The van der Waals surface area contributed by atoms with Gasteiger partial charge in [0.05, 0.1) is 12.0 Å². The molecule has 1 unspecified atom stereocenters. The van der Waals surface area contributed by atoms with Gasteiger partial charge in [-0.1, -0.05) is 0 Å². The minimum absolute atomic E-state index is 0.106. The number of carbonyl (C=O) groups excluding carboxylic acids is 1. The molecule has 0 radical (unpaired) electrons. The predicted octanol–water partition coefficient (Wildman–Crippen LogP) is 6.11. The van der Waals surface area contributed by atoms with E-state index in [0.717, 1.165) is 28.5 Å². The van der Waals surface area contributed by atoms with E-state index >= 15 is 0 Å². The van der Waals surface area contributed by atoms with E-state index in [2.05, 4.69) is 67.8 Å². The first-order valence-corrected chi connectivity index (χ1v) is 13.0.